The van der Waals surface area contributed by atoms with Gasteiger partial charge in [-0.3, -0.25) is 0 Å². The molecule has 68 valence electrons. The molecule has 0 amide bonds. The SMILES string of the molecule is C=C1CCOc2ccc(C)cc2C1. The largest absolute Gasteiger partial charge is 0.493 e. The molecule has 1 heterocycles. The Labute approximate surface area is 79.0 Å². The van der Waals surface area contributed by atoms with Crippen LogP contribution in [0, 0.1) is 6.92 Å². The predicted octanol–water partition coefficient (Wildman–Crippen LogP) is 2.88. The molecule has 1 aromatic rings. The van der Waals surface area contributed by atoms with Crippen LogP contribution in [0.1, 0.15) is 17.5 Å². The monoisotopic (exact) mass is 174 g/mol. The van der Waals surface area contributed by atoms with E-state index in [9.17, 15) is 0 Å². The van der Waals surface area contributed by atoms with E-state index in [2.05, 4.69) is 31.7 Å². The number of aryl methyl sites for hydroxylation is 1. The maximum Gasteiger partial charge on any atom is 0.122 e. The van der Waals surface area contributed by atoms with Gasteiger partial charge in [-0.25, -0.2) is 0 Å². The van der Waals surface area contributed by atoms with Gasteiger partial charge >= 0.3 is 0 Å². The summed E-state index contributed by atoms with van der Waals surface area (Å²) in [5.41, 5.74) is 3.84. The highest BCUT2D eigenvalue weighted by atomic mass is 16.5. The van der Waals surface area contributed by atoms with E-state index in [1.807, 2.05) is 0 Å². The molecule has 0 fully saturated rings. The molecule has 1 aliphatic heterocycles. The van der Waals surface area contributed by atoms with Crippen LogP contribution >= 0.6 is 0 Å². The first-order chi connectivity index (χ1) is 6.25. The molecule has 0 aliphatic carbocycles. The van der Waals surface area contributed by atoms with Gasteiger partial charge < -0.3 is 4.74 Å². The summed E-state index contributed by atoms with van der Waals surface area (Å²) in [6, 6.07) is 6.34. The Balaban J connectivity index is 2.40. The van der Waals surface area contributed by atoms with Crippen molar-refractivity contribution in [2.75, 3.05) is 6.61 Å². The lowest BCUT2D eigenvalue weighted by Crippen LogP contribution is -1.94. The Morgan fingerprint density at radius 3 is 3.08 bits per heavy atom. The zero-order valence-corrected chi connectivity index (χ0v) is 7.97. The Morgan fingerprint density at radius 1 is 1.38 bits per heavy atom. The second-order valence-electron chi connectivity index (χ2n) is 3.64. The van der Waals surface area contributed by atoms with E-state index in [1.54, 1.807) is 0 Å². The normalized spacial score (nSPS) is 15.9. The predicted molar refractivity (Wildman–Crippen MR) is 54.1 cm³/mol. The van der Waals surface area contributed by atoms with Crippen molar-refractivity contribution in [3.63, 3.8) is 0 Å². The number of fused-ring (bicyclic) bond motifs is 1. The molecule has 2 rings (SSSR count). The van der Waals surface area contributed by atoms with Crippen molar-refractivity contribution in [1.29, 1.82) is 0 Å². The highest BCUT2D eigenvalue weighted by Crippen LogP contribution is 2.26. The van der Waals surface area contributed by atoms with Crippen molar-refractivity contribution in [3.8, 4) is 5.75 Å². The zero-order chi connectivity index (χ0) is 9.26. The molecule has 1 heteroatoms. The van der Waals surface area contributed by atoms with Gasteiger partial charge in [-0.2, -0.15) is 0 Å². The molecular weight excluding hydrogens is 160 g/mol. The second kappa shape index (κ2) is 3.25. The number of hydrogen-bond donors (Lipinski definition) is 0. The van der Waals surface area contributed by atoms with E-state index in [4.69, 9.17) is 4.74 Å². The molecule has 0 radical (unpaired) electrons. The van der Waals surface area contributed by atoms with Crippen molar-refractivity contribution >= 4 is 0 Å². The van der Waals surface area contributed by atoms with Crippen LogP contribution in [0.3, 0.4) is 0 Å². The lowest BCUT2D eigenvalue weighted by atomic mass is 10.0. The van der Waals surface area contributed by atoms with Gasteiger partial charge in [0.05, 0.1) is 6.61 Å². The Morgan fingerprint density at radius 2 is 2.23 bits per heavy atom. The summed E-state index contributed by atoms with van der Waals surface area (Å²) in [6.07, 6.45) is 1.95. The second-order valence-corrected chi connectivity index (χ2v) is 3.64. The van der Waals surface area contributed by atoms with Crippen LogP contribution in [-0.2, 0) is 6.42 Å². The van der Waals surface area contributed by atoms with Crippen LogP contribution in [0.15, 0.2) is 30.4 Å². The van der Waals surface area contributed by atoms with Crippen LogP contribution in [0.5, 0.6) is 5.75 Å². The maximum absolute atomic E-state index is 5.61. The minimum atomic E-state index is 0.773. The molecular formula is C12H14O. The van der Waals surface area contributed by atoms with E-state index in [0.717, 1.165) is 25.2 Å². The minimum Gasteiger partial charge on any atom is -0.493 e. The van der Waals surface area contributed by atoms with Crippen molar-refractivity contribution in [2.24, 2.45) is 0 Å². The van der Waals surface area contributed by atoms with Crippen molar-refractivity contribution in [1.82, 2.24) is 0 Å². The van der Waals surface area contributed by atoms with Gasteiger partial charge in [-0.15, -0.1) is 0 Å². The average Bonchev–Trinajstić information content (AvgIpc) is 2.25. The summed E-state index contributed by atoms with van der Waals surface area (Å²) in [6.45, 7) is 6.90. The molecule has 0 saturated heterocycles. The number of benzene rings is 1. The quantitative estimate of drug-likeness (QED) is 0.549. The van der Waals surface area contributed by atoms with Gasteiger partial charge in [0.15, 0.2) is 0 Å². The molecule has 0 aromatic heterocycles. The van der Waals surface area contributed by atoms with E-state index in [-0.39, 0.29) is 0 Å². The third kappa shape index (κ3) is 1.74. The fraction of sp³-hybridized carbons (Fsp3) is 0.333. The number of hydrogen-bond acceptors (Lipinski definition) is 1. The fourth-order valence-corrected chi connectivity index (χ4v) is 1.65. The summed E-state index contributed by atoms with van der Waals surface area (Å²) in [5, 5.41) is 0. The summed E-state index contributed by atoms with van der Waals surface area (Å²) >= 11 is 0. The standard InChI is InChI=1S/C12H14O/c1-9-3-4-12-11(7-9)8-10(2)5-6-13-12/h3-4,7H,2,5-6,8H2,1H3. The van der Waals surface area contributed by atoms with Gasteiger partial charge in [-0.05, 0) is 25.0 Å². The van der Waals surface area contributed by atoms with Crippen molar-refractivity contribution in [2.45, 2.75) is 19.8 Å². The van der Waals surface area contributed by atoms with Crippen LogP contribution in [-0.4, -0.2) is 6.61 Å². The maximum atomic E-state index is 5.61. The van der Waals surface area contributed by atoms with Gasteiger partial charge in [0.2, 0.25) is 0 Å². The third-order valence-corrected chi connectivity index (χ3v) is 2.37. The van der Waals surface area contributed by atoms with Crippen molar-refractivity contribution < 1.29 is 4.74 Å². The van der Waals surface area contributed by atoms with E-state index in [1.165, 1.54) is 16.7 Å². The first-order valence-electron chi connectivity index (χ1n) is 4.65. The minimum absolute atomic E-state index is 0.773. The molecule has 1 aromatic carbocycles. The highest BCUT2D eigenvalue weighted by Gasteiger charge is 2.10. The molecule has 1 nitrogen and oxygen atoms in total. The van der Waals surface area contributed by atoms with Crippen LogP contribution in [0.4, 0.5) is 0 Å². The van der Waals surface area contributed by atoms with Gasteiger partial charge in [0.1, 0.15) is 5.75 Å². The molecule has 0 bridgehead atoms. The highest BCUT2D eigenvalue weighted by molar-refractivity contribution is 5.40. The van der Waals surface area contributed by atoms with Crippen LogP contribution in [0.2, 0.25) is 0 Å². The molecule has 0 N–H and O–H groups in total. The molecule has 0 atom stereocenters. The Kier molecular flexibility index (Phi) is 2.09. The number of rotatable bonds is 0. The van der Waals surface area contributed by atoms with E-state index in [0.29, 0.717) is 0 Å². The molecule has 1 aliphatic rings. The summed E-state index contributed by atoms with van der Waals surface area (Å²) in [4.78, 5) is 0. The lowest BCUT2D eigenvalue weighted by molar-refractivity contribution is 0.326. The van der Waals surface area contributed by atoms with E-state index >= 15 is 0 Å². The Bertz CT molecular complexity index is 339. The summed E-state index contributed by atoms with van der Waals surface area (Å²) < 4.78 is 5.61. The third-order valence-electron chi connectivity index (χ3n) is 2.37. The number of ether oxygens (including phenoxy) is 1. The van der Waals surface area contributed by atoms with Crippen LogP contribution < -0.4 is 4.74 Å². The van der Waals surface area contributed by atoms with Gasteiger partial charge in [-0.1, -0.05) is 29.8 Å². The summed E-state index contributed by atoms with van der Waals surface area (Å²) in [7, 11) is 0. The van der Waals surface area contributed by atoms with Crippen LogP contribution in [0.25, 0.3) is 0 Å². The fourth-order valence-electron chi connectivity index (χ4n) is 1.65. The average molecular weight is 174 g/mol. The van der Waals surface area contributed by atoms with Gasteiger partial charge in [0, 0.05) is 6.42 Å². The first-order valence-corrected chi connectivity index (χ1v) is 4.65. The topological polar surface area (TPSA) is 9.23 Å². The first kappa shape index (κ1) is 8.36. The molecule has 13 heavy (non-hydrogen) atoms. The lowest BCUT2D eigenvalue weighted by Gasteiger charge is -2.06. The molecule has 0 unspecified atom stereocenters. The Hall–Kier alpha value is -1.24. The van der Waals surface area contributed by atoms with Gasteiger partial charge in [0.25, 0.3) is 0 Å². The van der Waals surface area contributed by atoms with Crippen molar-refractivity contribution in [3.05, 3.63) is 41.5 Å². The zero-order valence-electron chi connectivity index (χ0n) is 7.97. The summed E-state index contributed by atoms with van der Waals surface area (Å²) in [5.74, 6) is 1.03. The smallest absolute Gasteiger partial charge is 0.122 e. The molecule has 0 spiro atoms. The molecule has 0 saturated carbocycles. The van der Waals surface area contributed by atoms with E-state index < -0.39 is 0 Å².